The van der Waals surface area contributed by atoms with E-state index in [4.69, 9.17) is 4.74 Å². The van der Waals surface area contributed by atoms with Crippen LogP contribution < -0.4 is 10.1 Å². The van der Waals surface area contributed by atoms with Crippen LogP contribution in [0.3, 0.4) is 0 Å². The Labute approximate surface area is 105 Å². The summed E-state index contributed by atoms with van der Waals surface area (Å²) in [5.41, 5.74) is 0.504. The van der Waals surface area contributed by atoms with Crippen LogP contribution in [0.5, 0.6) is 5.75 Å². The quantitative estimate of drug-likeness (QED) is 0.898. The molecular weight excluding hydrogens is 230 g/mol. The summed E-state index contributed by atoms with van der Waals surface area (Å²) in [6.07, 6.45) is 1.65. The highest BCUT2D eigenvalue weighted by molar-refractivity contribution is 6.05. The third-order valence-electron chi connectivity index (χ3n) is 2.61. The van der Waals surface area contributed by atoms with Crippen molar-refractivity contribution in [3.8, 4) is 5.75 Å². The molecule has 0 unspecified atom stereocenters. The first-order valence-corrected chi connectivity index (χ1v) is 5.72. The van der Waals surface area contributed by atoms with Gasteiger partial charge in [-0.15, -0.1) is 0 Å². The molecule has 1 aromatic carbocycles. The number of methoxy groups -OCH3 is 1. The van der Waals surface area contributed by atoms with E-state index in [9.17, 15) is 4.79 Å². The Kier molecular flexibility index (Phi) is 3.62. The third kappa shape index (κ3) is 2.34. The predicted molar refractivity (Wildman–Crippen MR) is 68.8 cm³/mol. The average molecular weight is 245 g/mol. The Morgan fingerprint density at radius 3 is 2.89 bits per heavy atom. The SMILES string of the molecule is CCn1nccc1NC(=O)c1ccccc1OC. The second-order valence-electron chi connectivity index (χ2n) is 3.69. The second kappa shape index (κ2) is 5.35. The maximum atomic E-state index is 12.1. The minimum absolute atomic E-state index is 0.206. The minimum atomic E-state index is -0.206. The summed E-state index contributed by atoms with van der Waals surface area (Å²) in [5.74, 6) is 1.02. The van der Waals surface area contributed by atoms with Crippen LogP contribution in [0.4, 0.5) is 5.82 Å². The van der Waals surface area contributed by atoms with Crippen LogP contribution in [0.1, 0.15) is 17.3 Å². The van der Waals surface area contributed by atoms with Crippen LogP contribution in [0.2, 0.25) is 0 Å². The van der Waals surface area contributed by atoms with Crippen LogP contribution in [0.25, 0.3) is 0 Å². The molecule has 0 aliphatic carbocycles. The number of aromatic nitrogens is 2. The molecule has 2 rings (SSSR count). The van der Waals surface area contributed by atoms with E-state index in [-0.39, 0.29) is 5.91 Å². The number of nitrogens with one attached hydrogen (secondary N) is 1. The smallest absolute Gasteiger partial charge is 0.260 e. The molecule has 0 bridgehead atoms. The van der Waals surface area contributed by atoms with Gasteiger partial charge in [0.25, 0.3) is 5.91 Å². The zero-order valence-electron chi connectivity index (χ0n) is 10.4. The molecule has 1 amide bonds. The molecule has 2 aromatic rings. The van der Waals surface area contributed by atoms with Gasteiger partial charge < -0.3 is 10.1 Å². The Hall–Kier alpha value is -2.30. The van der Waals surface area contributed by atoms with Crippen molar-refractivity contribution in [2.24, 2.45) is 0 Å². The summed E-state index contributed by atoms with van der Waals surface area (Å²) in [6, 6.07) is 8.87. The molecule has 1 N–H and O–H groups in total. The highest BCUT2D eigenvalue weighted by Gasteiger charge is 2.13. The molecule has 0 atom stereocenters. The van der Waals surface area contributed by atoms with Crippen molar-refractivity contribution in [3.05, 3.63) is 42.1 Å². The van der Waals surface area contributed by atoms with Crippen LogP contribution in [0.15, 0.2) is 36.5 Å². The molecular formula is C13H15N3O2. The number of carbonyl (C=O) groups is 1. The van der Waals surface area contributed by atoms with E-state index in [0.29, 0.717) is 23.7 Å². The zero-order chi connectivity index (χ0) is 13.0. The molecule has 1 aromatic heterocycles. The fourth-order valence-electron chi connectivity index (χ4n) is 1.71. The van der Waals surface area contributed by atoms with Crippen molar-refractivity contribution in [1.82, 2.24) is 9.78 Å². The van der Waals surface area contributed by atoms with E-state index >= 15 is 0 Å². The predicted octanol–water partition coefficient (Wildman–Crippen LogP) is 2.16. The van der Waals surface area contributed by atoms with Crippen molar-refractivity contribution in [2.45, 2.75) is 13.5 Å². The Morgan fingerprint density at radius 2 is 2.17 bits per heavy atom. The van der Waals surface area contributed by atoms with Crippen molar-refractivity contribution in [1.29, 1.82) is 0 Å². The largest absolute Gasteiger partial charge is 0.496 e. The number of carbonyl (C=O) groups excluding carboxylic acids is 1. The summed E-state index contributed by atoms with van der Waals surface area (Å²) < 4.78 is 6.87. The molecule has 5 nitrogen and oxygen atoms in total. The van der Waals surface area contributed by atoms with Gasteiger partial charge in [0.2, 0.25) is 0 Å². The highest BCUT2D eigenvalue weighted by atomic mass is 16.5. The molecule has 18 heavy (non-hydrogen) atoms. The van der Waals surface area contributed by atoms with Gasteiger partial charge in [0.05, 0.1) is 18.9 Å². The number of hydrogen-bond acceptors (Lipinski definition) is 3. The van der Waals surface area contributed by atoms with Crippen LogP contribution in [-0.2, 0) is 6.54 Å². The highest BCUT2D eigenvalue weighted by Crippen LogP contribution is 2.18. The molecule has 0 aliphatic heterocycles. The number of benzene rings is 1. The van der Waals surface area contributed by atoms with Crippen molar-refractivity contribution >= 4 is 11.7 Å². The maximum absolute atomic E-state index is 12.1. The van der Waals surface area contributed by atoms with E-state index in [1.54, 1.807) is 42.3 Å². The summed E-state index contributed by atoms with van der Waals surface area (Å²) in [4.78, 5) is 12.1. The molecule has 0 fully saturated rings. The molecule has 0 spiro atoms. The van der Waals surface area contributed by atoms with Crippen LogP contribution in [-0.4, -0.2) is 22.8 Å². The van der Waals surface area contributed by atoms with E-state index in [1.807, 2.05) is 13.0 Å². The molecule has 0 radical (unpaired) electrons. The van der Waals surface area contributed by atoms with Crippen molar-refractivity contribution in [3.63, 3.8) is 0 Å². The normalized spacial score (nSPS) is 10.1. The van der Waals surface area contributed by atoms with Crippen molar-refractivity contribution in [2.75, 3.05) is 12.4 Å². The number of para-hydroxylation sites is 1. The zero-order valence-corrected chi connectivity index (χ0v) is 10.4. The van der Waals surface area contributed by atoms with Gasteiger partial charge in [-0.25, -0.2) is 4.68 Å². The molecule has 0 aliphatic rings. The third-order valence-corrected chi connectivity index (χ3v) is 2.61. The maximum Gasteiger partial charge on any atom is 0.260 e. The topological polar surface area (TPSA) is 56.2 Å². The second-order valence-corrected chi connectivity index (χ2v) is 3.69. The lowest BCUT2D eigenvalue weighted by Crippen LogP contribution is -2.16. The van der Waals surface area contributed by atoms with Gasteiger partial charge in [-0.2, -0.15) is 5.10 Å². The van der Waals surface area contributed by atoms with Gasteiger partial charge in [-0.1, -0.05) is 12.1 Å². The summed E-state index contributed by atoms with van der Waals surface area (Å²) in [5, 5.41) is 6.91. The van der Waals surface area contributed by atoms with E-state index in [1.165, 1.54) is 0 Å². The van der Waals surface area contributed by atoms with Gasteiger partial charge in [-0.05, 0) is 19.1 Å². The van der Waals surface area contributed by atoms with Crippen LogP contribution in [0, 0.1) is 0 Å². The number of ether oxygens (including phenoxy) is 1. The average Bonchev–Trinajstić information content (AvgIpc) is 2.85. The monoisotopic (exact) mass is 245 g/mol. The fourth-order valence-corrected chi connectivity index (χ4v) is 1.71. The number of hydrogen-bond donors (Lipinski definition) is 1. The van der Waals surface area contributed by atoms with Gasteiger partial charge in [0.1, 0.15) is 11.6 Å². The standard InChI is InChI=1S/C13H15N3O2/c1-3-16-12(8-9-14-16)15-13(17)10-6-4-5-7-11(10)18-2/h4-9H,3H2,1-2H3,(H,15,17). The van der Waals surface area contributed by atoms with Gasteiger partial charge >= 0.3 is 0 Å². The lowest BCUT2D eigenvalue weighted by atomic mass is 10.2. The number of aryl methyl sites for hydroxylation is 1. The summed E-state index contributed by atoms with van der Waals surface area (Å²) >= 11 is 0. The molecule has 0 saturated heterocycles. The van der Waals surface area contributed by atoms with Crippen molar-refractivity contribution < 1.29 is 9.53 Å². The summed E-state index contributed by atoms with van der Waals surface area (Å²) in [7, 11) is 1.54. The first kappa shape index (κ1) is 12.2. The Morgan fingerprint density at radius 1 is 1.39 bits per heavy atom. The Bertz CT molecular complexity index is 549. The summed E-state index contributed by atoms with van der Waals surface area (Å²) in [6.45, 7) is 2.67. The minimum Gasteiger partial charge on any atom is -0.496 e. The Balaban J connectivity index is 2.22. The lowest BCUT2D eigenvalue weighted by Gasteiger charge is -2.09. The number of amides is 1. The lowest BCUT2D eigenvalue weighted by molar-refractivity contribution is 0.102. The van der Waals surface area contributed by atoms with Gasteiger partial charge in [-0.3, -0.25) is 4.79 Å². The molecule has 0 saturated carbocycles. The number of nitrogens with zero attached hydrogens (tertiary/aromatic N) is 2. The number of rotatable bonds is 4. The number of anilines is 1. The van der Waals surface area contributed by atoms with E-state index in [0.717, 1.165) is 0 Å². The molecule has 5 heteroatoms. The van der Waals surface area contributed by atoms with Crippen LogP contribution >= 0.6 is 0 Å². The van der Waals surface area contributed by atoms with E-state index in [2.05, 4.69) is 10.4 Å². The molecule has 1 heterocycles. The first-order valence-electron chi connectivity index (χ1n) is 5.72. The fraction of sp³-hybridized carbons (Fsp3) is 0.231. The first-order chi connectivity index (χ1) is 8.76. The van der Waals surface area contributed by atoms with Gasteiger partial charge in [0.15, 0.2) is 0 Å². The van der Waals surface area contributed by atoms with E-state index < -0.39 is 0 Å². The molecule has 94 valence electrons. The van der Waals surface area contributed by atoms with Gasteiger partial charge in [0, 0.05) is 12.6 Å².